The van der Waals surface area contributed by atoms with Gasteiger partial charge in [-0.3, -0.25) is 14.6 Å². The molecule has 0 spiro atoms. The number of rotatable bonds is 7. The Morgan fingerprint density at radius 1 is 1.03 bits per heavy atom. The minimum atomic E-state index is -4.34. The molecule has 1 heterocycles. The Kier molecular flexibility index (Phi) is 7.63. The smallest absolute Gasteiger partial charge is 0.416 e. The van der Waals surface area contributed by atoms with Crippen LogP contribution in [-0.4, -0.2) is 62.1 Å². The number of ether oxygens (including phenoxy) is 2. The van der Waals surface area contributed by atoms with Gasteiger partial charge in [-0.05, 0) is 30.7 Å². The Hall–Kier alpha value is -2.78. The number of carbonyl (C=O) groups is 1. The zero-order chi connectivity index (χ0) is 23.3. The van der Waals surface area contributed by atoms with Gasteiger partial charge in [0.05, 0.1) is 25.8 Å². The van der Waals surface area contributed by atoms with E-state index in [1.54, 1.807) is 31.4 Å². The molecule has 3 rings (SSSR count). The molecule has 1 atom stereocenters. The molecule has 9 heteroatoms. The lowest BCUT2D eigenvalue weighted by atomic mass is 10.1. The summed E-state index contributed by atoms with van der Waals surface area (Å²) >= 11 is 0. The molecule has 2 aromatic rings. The number of piperazine rings is 1. The van der Waals surface area contributed by atoms with Gasteiger partial charge in [0.25, 0.3) is 0 Å². The third-order valence-corrected chi connectivity index (χ3v) is 5.65. The second kappa shape index (κ2) is 10.2. The highest BCUT2D eigenvalue weighted by Crippen LogP contribution is 2.31. The van der Waals surface area contributed by atoms with Crippen molar-refractivity contribution in [1.82, 2.24) is 9.80 Å². The number of nitrogens with one attached hydrogen (secondary N) is 1. The number of benzene rings is 2. The third kappa shape index (κ3) is 5.92. The van der Waals surface area contributed by atoms with E-state index in [1.807, 2.05) is 6.92 Å². The molecule has 2 aromatic carbocycles. The van der Waals surface area contributed by atoms with Gasteiger partial charge >= 0.3 is 6.18 Å². The van der Waals surface area contributed by atoms with Crippen LogP contribution in [0.4, 0.5) is 18.9 Å². The number of hydrogen-bond acceptors (Lipinski definition) is 5. The first kappa shape index (κ1) is 23.9. The van der Waals surface area contributed by atoms with Crippen molar-refractivity contribution in [1.29, 1.82) is 0 Å². The Bertz CT molecular complexity index is 928. The molecule has 1 saturated heterocycles. The number of anilines is 1. The summed E-state index contributed by atoms with van der Waals surface area (Å²) in [5.41, 5.74) is 0.615. The monoisotopic (exact) mass is 451 g/mol. The van der Waals surface area contributed by atoms with Gasteiger partial charge in [-0.25, -0.2) is 0 Å². The fraction of sp³-hybridized carbons (Fsp3) is 0.435. The fourth-order valence-electron chi connectivity index (χ4n) is 3.74. The number of halogens is 3. The summed E-state index contributed by atoms with van der Waals surface area (Å²) in [7, 11) is 3.08. The highest BCUT2D eigenvalue weighted by Gasteiger charge is 2.31. The molecule has 0 aliphatic carbocycles. The maximum atomic E-state index is 12.9. The van der Waals surface area contributed by atoms with Crippen LogP contribution in [0.3, 0.4) is 0 Å². The predicted molar refractivity (Wildman–Crippen MR) is 116 cm³/mol. The average Bonchev–Trinajstić information content (AvgIpc) is 2.78. The van der Waals surface area contributed by atoms with Gasteiger partial charge in [0.2, 0.25) is 5.91 Å². The van der Waals surface area contributed by atoms with E-state index in [-0.39, 0.29) is 11.9 Å². The van der Waals surface area contributed by atoms with E-state index in [9.17, 15) is 18.0 Å². The van der Waals surface area contributed by atoms with Crippen LogP contribution >= 0.6 is 0 Å². The first-order chi connectivity index (χ1) is 15.2. The molecule has 6 nitrogen and oxygen atoms in total. The predicted octanol–water partition coefficient (Wildman–Crippen LogP) is 3.87. The van der Waals surface area contributed by atoms with E-state index in [0.717, 1.165) is 6.07 Å². The second-order valence-corrected chi connectivity index (χ2v) is 7.75. The molecule has 1 amide bonds. The first-order valence-corrected chi connectivity index (χ1v) is 10.4. The molecular formula is C23H28F3N3O3. The Labute approximate surface area is 185 Å². The van der Waals surface area contributed by atoms with E-state index in [0.29, 0.717) is 55.5 Å². The normalized spacial score (nSPS) is 16.4. The van der Waals surface area contributed by atoms with Crippen molar-refractivity contribution in [3.8, 4) is 11.5 Å². The van der Waals surface area contributed by atoms with Crippen molar-refractivity contribution in [2.75, 3.05) is 45.7 Å². The summed E-state index contributed by atoms with van der Waals surface area (Å²) in [6, 6.07) is 10.3. The third-order valence-electron chi connectivity index (χ3n) is 5.65. The highest BCUT2D eigenvalue weighted by atomic mass is 19.4. The minimum Gasteiger partial charge on any atom is -0.493 e. The molecule has 0 bridgehead atoms. The van der Waals surface area contributed by atoms with E-state index in [1.165, 1.54) is 19.2 Å². The van der Waals surface area contributed by atoms with Gasteiger partial charge in [0, 0.05) is 44.5 Å². The van der Waals surface area contributed by atoms with Crippen molar-refractivity contribution in [2.24, 2.45) is 0 Å². The summed E-state index contributed by atoms with van der Waals surface area (Å²) in [6.07, 6.45) is -4.34. The Morgan fingerprint density at radius 2 is 1.72 bits per heavy atom. The molecule has 0 saturated carbocycles. The fourth-order valence-corrected chi connectivity index (χ4v) is 3.74. The number of methoxy groups -OCH3 is 2. The van der Waals surface area contributed by atoms with Crippen LogP contribution in [0.5, 0.6) is 11.5 Å². The molecule has 174 valence electrons. The second-order valence-electron chi connectivity index (χ2n) is 7.75. The van der Waals surface area contributed by atoms with Gasteiger partial charge in [-0.1, -0.05) is 18.2 Å². The van der Waals surface area contributed by atoms with Crippen LogP contribution in [0.1, 0.15) is 18.1 Å². The van der Waals surface area contributed by atoms with Crippen molar-refractivity contribution in [3.05, 3.63) is 53.6 Å². The molecule has 0 aromatic heterocycles. The largest absolute Gasteiger partial charge is 0.493 e. The SMILES string of the molecule is COc1ccc(NC(=O)C(C)N2CCN(Cc3cccc(C(F)(F)F)c3)CC2)cc1OC. The van der Waals surface area contributed by atoms with Crippen LogP contribution in [0.15, 0.2) is 42.5 Å². The molecule has 1 aliphatic heterocycles. The van der Waals surface area contributed by atoms with Crippen LogP contribution in [0.2, 0.25) is 0 Å². The quantitative estimate of drug-likeness (QED) is 0.693. The molecule has 1 fully saturated rings. The lowest BCUT2D eigenvalue weighted by Gasteiger charge is -2.37. The molecule has 0 radical (unpaired) electrons. The van der Waals surface area contributed by atoms with Crippen molar-refractivity contribution in [2.45, 2.75) is 25.7 Å². The number of nitrogens with zero attached hydrogens (tertiary/aromatic N) is 2. The molecular weight excluding hydrogens is 423 g/mol. The number of amides is 1. The summed E-state index contributed by atoms with van der Waals surface area (Å²) in [4.78, 5) is 16.9. The maximum Gasteiger partial charge on any atom is 0.416 e. The van der Waals surface area contributed by atoms with Crippen LogP contribution in [0, 0.1) is 0 Å². The van der Waals surface area contributed by atoms with Crippen molar-refractivity contribution in [3.63, 3.8) is 0 Å². The standard InChI is InChI=1S/C23H28F3N3O3/c1-16(22(30)27-19-7-8-20(31-2)21(14-19)32-3)29-11-9-28(10-12-29)15-17-5-4-6-18(13-17)23(24,25)26/h4-8,13-14,16H,9-12,15H2,1-3H3,(H,27,30). The van der Waals surface area contributed by atoms with E-state index >= 15 is 0 Å². The first-order valence-electron chi connectivity index (χ1n) is 10.4. The lowest BCUT2D eigenvalue weighted by Crippen LogP contribution is -2.52. The van der Waals surface area contributed by atoms with Crippen LogP contribution in [-0.2, 0) is 17.5 Å². The topological polar surface area (TPSA) is 54.0 Å². The van der Waals surface area contributed by atoms with Crippen molar-refractivity contribution >= 4 is 11.6 Å². The van der Waals surface area contributed by atoms with E-state index in [4.69, 9.17) is 9.47 Å². The number of alkyl halides is 3. The van der Waals surface area contributed by atoms with Gasteiger partial charge in [0.1, 0.15) is 0 Å². The van der Waals surface area contributed by atoms with Gasteiger partial charge in [-0.15, -0.1) is 0 Å². The lowest BCUT2D eigenvalue weighted by molar-refractivity contribution is -0.137. The zero-order valence-corrected chi connectivity index (χ0v) is 18.4. The zero-order valence-electron chi connectivity index (χ0n) is 18.4. The summed E-state index contributed by atoms with van der Waals surface area (Å²) in [6.45, 7) is 4.94. The molecule has 1 unspecified atom stereocenters. The summed E-state index contributed by atoms with van der Waals surface area (Å²) in [5.74, 6) is 0.972. The van der Waals surface area contributed by atoms with Gasteiger partial charge < -0.3 is 14.8 Å². The minimum absolute atomic E-state index is 0.136. The maximum absolute atomic E-state index is 12.9. The summed E-state index contributed by atoms with van der Waals surface area (Å²) in [5, 5.41) is 2.90. The van der Waals surface area contributed by atoms with E-state index in [2.05, 4.69) is 15.1 Å². The molecule has 32 heavy (non-hydrogen) atoms. The average molecular weight is 451 g/mol. The van der Waals surface area contributed by atoms with E-state index < -0.39 is 11.7 Å². The molecule has 1 N–H and O–H groups in total. The van der Waals surface area contributed by atoms with Crippen molar-refractivity contribution < 1.29 is 27.4 Å². The number of carbonyl (C=O) groups excluding carboxylic acids is 1. The Morgan fingerprint density at radius 3 is 2.34 bits per heavy atom. The molecule has 1 aliphatic rings. The summed E-state index contributed by atoms with van der Waals surface area (Å²) < 4.78 is 49.3. The number of hydrogen-bond donors (Lipinski definition) is 1. The van der Waals surface area contributed by atoms with Gasteiger partial charge in [-0.2, -0.15) is 13.2 Å². The Balaban J connectivity index is 1.53. The highest BCUT2D eigenvalue weighted by molar-refractivity contribution is 5.94. The van der Waals surface area contributed by atoms with Crippen LogP contribution in [0.25, 0.3) is 0 Å². The van der Waals surface area contributed by atoms with Gasteiger partial charge in [0.15, 0.2) is 11.5 Å². The van der Waals surface area contributed by atoms with Crippen LogP contribution < -0.4 is 14.8 Å².